The van der Waals surface area contributed by atoms with E-state index in [-0.39, 0.29) is 22.4 Å². The van der Waals surface area contributed by atoms with Crippen LogP contribution in [0.15, 0.2) is 54.7 Å². The molecule has 0 amide bonds. The fourth-order valence-corrected chi connectivity index (χ4v) is 2.48. The normalized spacial score (nSPS) is 11.2. The Morgan fingerprint density at radius 1 is 1.12 bits per heavy atom. The minimum atomic E-state index is -4.59. The van der Waals surface area contributed by atoms with Crippen molar-refractivity contribution in [1.29, 1.82) is 5.26 Å². The molecule has 3 aromatic rings. The highest BCUT2D eigenvalue weighted by Crippen LogP contribution is 2.37. The molecule has 1 heterocycles. The molecule has 0 unspecified atom stereocenters. The van der Waals surface area contributed by atoms with Gasteiger partial charge in [-0.05, 0) is 30.3 Å². The van der Waals surface area contributed by atoms with Gasteiger partial charge in [-0.25, -0.2) is 9.48 Å². The maximum Gasteiger partial charge on any atom is 0.417 e. The molecule has 0 spiro atoms. The van der Waals surface area contributed by atoms with Crippen LogP contribution in [0.25, 0.3) is 16.9 Å². The van der Waals surface area contributed by atoms with Crippen LogP contribution in [-0.4, -0.2) is 20.9 Å². The van der Waals surface area contributed by atoms with E-state index in [1.54, 1.807) is 0 Å². The predicted molar refractivity (Wildman–Crippen MR) is 85.7 cm³/mol. The third kappa shape index (κ3) is 3.15. The summed E-state index contributed by atoms with van der Waals surface area (Å²) in [5, 5.41) is 22.3. The Bertz CT molecular complexity index is 1020. The number of carbonyl (C=O) groups is 1. The Hall–Kier alpha value is -3.60. The highest BCUT2D eigenvalue weighted by molar-refractivity contribution is 5.87. The molecule has 0 radical (unpaired) electrons. The molecule has 1 aromatic heterocycles. The zero-order chi connectivity index (χ0) is 18.9. The molecule has 0 saturated heterocycles. The summed E-state index contributed by atoms with van der Waals surface area (Å²) in [5.74, 6) is -1.10. The molecule has 0 saturated carbocycles. The molecule has 0 aliphatic carbocycles. The molecular weight excluding hydrogens is 347 g/mol. The number of halogens is 3. The first-order valence-electron chi connectivity index (χ1n) is 7.31. The second-order valence-electron chi connectivity index (χ2n) is 5.34. The van der Waals surface area contributed by atoms with E-state index in [0.717, 1.165) is 6.07 Å². The van der Waals surface area contributed by atoms with E-state index < -0.39 is 17.7 Å². The zero-order valence-corrected chi connectivity index (χ0v) is 13.0. The molecule has 0 atom stereocenters. The third-order valence-electron chi connectivity index (χ3n) is 3.70. The van der Waals surface area contributed by atoms with Crippen molar-refractivity contribution in [2.75, 3.05) is 0 Å². The monoisotopic (exact) mass is 357 g/mol. The van der Waals surface area contributed by atoms with E-state index in [2.05, 4.69) is 5.10 Å². The Labute approximate surface area is 145 Å². The Kier molecular flexibility index (Phi) is 4.22. The summed E-state index contributed by atoms with van der Waals surface area (Å²) in [6, 6.07) is 12.3. The fourth-order valence-electron chi connectivity index (χ4n) is 2.48. The molecule has 0 aliphatic rings. The molecule has 3 rings (SSSR count). The molecule has 26 heavy (non-hydrogen) atoms. The van der Waals surface area contributed by atoms with Gasteiger partial charge in [0, 0.05) is 11.8 Å². The molecule has 1 N–H and O–H groups in total. The number of hydrogen-bond acceptors (Lipinski definition) is 3. The largest absolute Gasteiger partial charge is 0.478 e. The summed E-state index contributed by atoms with van der Waals surface area (Å²) < 4.78 is 41.0. The van der Waals surface area contributed by atoms with Gasteiger partial charge >= 0.3 is 12.1 Å². The molecule has 0 aliphatic heterocycles. The van der Waals surface area contributed by atoms with Crippen LogP contribution < -0.4 is 0 Å². The quantitative estimate of drug-likeness (QED) is 0.764. The van der Waals surface area contributed by atoms with E-state index in [9.17, 15) is 23.2 Å². The fraction of sp³-hybridized carbons (Fsp3) is 0.0556. The Balaban J connectivity index is 2.12. The van der Waals surface area contributed by atoms with Crippen LogP contribution in [0.4, 0.5) is 13.2 Å². The van der Waals surface area contributed by atoms with Crippen LogP contribution in [0.5, 0.6) is 0 Å². The number of benzene rings is 2. The molecule has 0 fully saturated rings. The summed E-state index contributed by atoms with van der Waals surface area (Å²) in [4.78, 5) is 10.9. The van der Waals surface area contributed by atoms with E-state index in [0.29, 0.717) is 5.69 Å². The number of alkyl halides is 3. The van der Waals surface area contributed by atoms with Gasteiger partial charge in [0.25, 0.3) is 0 Å². The third-order valence-corrected chi connectivity index (χ3v) is 3.70. The van der Waals surface area contributed by atoms with Crippen LogP contribution in [-0.2, 0) is 6.18 Å². The lowest BCUT2D eigenvalue weighted by molar-refractivity contribution is -0.137. The van der Waals surface area contributed by atoms with Crippen LogP contribution in [0.1, 0.15) is 21.5 Å². The number of nitriles is 1. The first-order chi connectivity index (χ1) is 12.3. The van der Waals surface area contributed by atoms with Crippen molar-refractivity contribution in [3.8, 4) is 23.0 Å². The maximum atomic E-state index is 13.2. The maximum absolute atomic E-state index is 13.2. The van der Waals surface area contributed by atoms with Crippen molar-refractivity contribution >= 4 is 5.97 Å². The van der Waals surface area contributed by atoms with Crippen LogP contribution >= 0.6 is 0 Å². The standard InChI is InChI=1S/C18H10F3N3O2/c19-18(20,21)15-4-2-1-3-14(15)16-12(9-22)10-24(23-16)13-7-5-11(6-8-13)17(25)26/h1-8,10H,(H,25,26). The first kappa shape index (κ1) is 17.2. The van der Waals surface area contributed by atoms with Gasteiger partial charge in [0.2, 0.25) is 0 Å². The molecule has 0 bridgehead atoms. The van der Waals surface area contributed by atoms with Crippen LogP contribution in [0.2, 0.25) is 0 Å². The minimum Gasteiger partial charge on any atom is -0.478 e. The average molecular weight is 357 g/mol. The summed E-state index contributed by atoms with van der Waals surface area (Å²) in [5.41, 5.74) is -0.724. The first-order valence-corrected chi connectivity index (χ1v) is 7.31. The summed E-state index contributed by atoms with van der Waals surface area (Å²) in [6.45, 7) is 0. The van der Waals surface area contributed by atoms with Gasteiger partial charge in [-0.2, -0.15) is 23.5 Å². The van der Waals surface area contributed by atoms with E-state index in [1.807, 2.05) is 6.07 Å². The van der Waals surface area contributed by atoms with Crippen molar-refractivity contribution < 1.29 is 23.1 Å². The van der Waals surface area contributed by atoms with Crippen molar-refractivity contribution in [1.82, 2.24) is 9.78 Å². The van der Waals surface area contributed by atoms with E-state index in [4.69, 9.17) is 5.11 Å². The second-order valence-corrected chi connectivity index (χ2v) is 5.34. The smallest absolute Gasteiger partial charge is 0.417 e. The van der Waals surface area contributed by atoms with Crippen molar-refractivity contribution in [2.45, 2.75) is 6.18 Å². The average Bonchev–Trinajstić information content (AvgIpc) is 3.05. The van der Waals surface area contributed by atoms with Crippen molar-refractivity contribution in [3.63, 3.8) is 0 Å². The lowest BCUT2D eigenvalue weighted by Crippen LogP contribution is -2.07. The number of aromatic carboxylic acids is 1. The topological polar surface area (TPSA) is 78.9 Å². The molecular formula is C18H10F3N3O2. The van der Waals surface area contributed by atoms with Gasteiger partial charge in [-0.1, -0.05) is 18.2 Å². The highest BCUT2D eigenvalue weighted by Gasteiger charge is 2.34. The van der Waals surface area contributed by atoms with E-state index in [1.165, 1.54) is 53.3 Å². The van der Waals surface area contributed by atoms with Gasteiger partial charge < -0.3 is 5.11 Å². The van der Waals surface area contributed by atoms with Gasteiger partial charge in [0.15, 0.2) is 0 Å². The van der Waals surface area contributed by atoms with Crippen LogP contribution in [0.3, 0.4) is 0 Å². The Morgan fingerprint density at radius 3 is 2.35 bits per heavy atom. The number of rotatable bonds is 3. The minimum absolute atomic E-state index is 0.0241. The van der Waals surface area contributed by atoms with Crippen molar-refractivity contribution in [3.05, 3.63) is 71.4 Å². The van der Waals surface area contributed by atoms with Gasteiger partial charge in [-0.15, -0.1) is 0 Å². The molecule has 5 nitrogen and oxygen atoms in total. The molecule has 130 valence electrons. The lowest BCUT2D eigenvalue weighted by atomic mass is 10.0. The number of hydrogen-bond donors (Lipinski definition) is 1. The van der Waals surface area contributed by atoms with Crippen molar-refractivity contribution in [2.24, 2.45) is 0 Å². The van der Waals surface area contributed by atoms with Gasteiger partial charge in [-0.3, -0.25) is 0 Å². The molecule has 8 heteroatoms. The van der Waals surface area contributed by atoms with Gasteiger partial charge in [0.05, 0.1) is 22.4 Å². The summed E-state index contributed by atoms with van der Waals surface area (Å²) in [7, 11) is 0. The van der Waals surface area contributed by atoms with E-state index >= 15 is 0 Å². The number of carboxylic acids is 1. The number of nitrogens with zero attached hydrogens (tertiary/aromatic N) is 3. The SMILES string of the molecule is N#Cc1cn(-c2ccc(C(=O)O)cc2)nc1-c1ccccc1C(F)(F)F. The van der Waals surface area contributed by atoms with Gasteiger partial charge in [0.1, 0.15) is 11.8 Å². The Morgan fingerprint density at radius 2 is 1.77 bits per heavy atom. The predicted octanol–water partition coefficient (Wildman–Crippen LogP) is 4.13. The number of carboxylic acid groups (broad SMARTS) is 1. The summed E-state index contributed by atoms with van der Waals surface area (Å²) in [6.07, 6.45) is -3.28. The second kappa shape index (κ2) is 6.37. The molecule has 2 aromatic carbocycles. The lowest BCUT2D eigenvalue weighted by Gasteiger charge is -2.11. The number of aromatic nitrogens is 2. The zero-order valence-electron chi connectivity index (χ0n) is 13.0. The van der Waals surface area contributed by atoms with Crippen LogP contribution in [0, 0.1) is 11.3 Å². The summed E-state index contributed by atoms with van der Waals surface area (Å²) >= 11 is 0. The highest BCUT2D eigenvalue weighted by atomic mass is 19.4.